The molecular formula is C17H25N3O4S. The number of carbonyl (C=O) groups is 2. The second kappa shape index (κ2) is 7.59. The Hall–Kier alpha value is -1.83. The number of aromatic nitrogens is 2. The largest absolute Gasteiger partial charge is 0.468 e. The molecule has 1 aromatic rings. The lowest BCUT2D eigenvalue weighted by Crippen LogP contribution is -2.51. The third kappa shape index (κ3) is 4.42. The topological polar surface area (TPSA) is 81.6 Å². The van der Waals surface area contributed by atoms with Crippen molar-refractivity contribution < 1.29 is 19.1 Å². The van der Waals surface area contributed by atoms with E-state index in [1.165, 1.54) is 18.9 Å². The van der Waals surface area contributed by atoms with Gasteiger partial charge in [-0.3, -0.25) is 4.79 Å². The van der Waals surface area contributed by atoms with Crippen molar-refractivity contribution in [2.45, 2.75) is 49.7 Å². The Morgan fingerprint density at radius 2 is 1.92 bits per heavy atom. The molecule has 0 aromatic carbocycles. The summed E-state index contributed by atoms with van der Waals surface area (Å²) in [5, 5.41) is 0.794. The van der Waals surface area contributed by atoms with Crippen LogP contribution in [0.25, 0.3) is 0 Å². The molecule has 1 aromatic heterocycles. The van der Waals surface area contributed by atoms with E-state index in [-0.39, 0.29) is 12.1 Å². The lowest BCUT2D eigenvalue weighted by atomic mass is 9.77. The first-order chi connectivity index (χ1) is 11.7. The molecule has 1 amide bonds. The molecule has 2 rings (SSSR count). The van der Waals surface area contributed by atoms with Crippen LogP contribution in [0, 0.1) is 0 Å². The van der Waals surface area contributed by atoms with Gasteiger partial charge >= 0.3 is 12.1 Å². The summed E-state index contributed by atoms with van der Waals surface area (Å²) in [4.78, 5) is 35.2. The minimum atomic E-state index is -0.932. The van der Waals surface area contributed by atoms with Crippen LogP contribution in [0.5, 0.6) is 0 Å². The van der Waals surface area contributed by atoms with E-state index in [4.69, 9.17) is 9.47 Å². The highest BCUT2D eigenvalue weighted by Gasteiger charge is 2.47. The van der Waals surface area contributed by atoms with E-state index in [1.807, 2.05) is 27.0 Å². The van der Waals surface area contributed by atoms with Gasteiger partial charge in [0.1, 0.15) is 16.8 Å². The van der Waals surface area contributed by atoms with Crippen LogP contribution in [-0.2, 0) is 19.7 Å². The van der Waals surface area contributed by atoms with Crippen LogP contribution in [-0.4, -0.2) is 59.0 Å². The number of carbonyl (C=O) groups excluding carboxylic acids is 2. The zero-order valence-electron chi connectivity index (χ0n) is 15.4. The monoisotopic (exact) mass is 367 g/mol. The summed E-state index contributed by atoms with van der Waals surface area (Å²) in [6.07, 6.45) is 4.00. The normalized spacial score (nSPS) is 17.1. The first kappa shape index (κ1) is 19.5. The fourth-order valence-corrected chi connectivity index (χ4v) is 3.17. The lowest BCUT2D eigenvalue weighted by molar-refractivity contribution is -0.150. The van der Waals surface area contributed by atoms with Gasteiger partial charge in [-0.2, -0.15) is 0 Å². The fraction of sp³-hybridized carbons (Fsp3) is 0.647. The molecule has 25 heavy (non-hydrogen) atoms. The van der Waals surface area contributed by atoms with Gasteiger partial charge in [-0.15, -0.1) is 11.8 Å². The van der Waals surface area contributed by atoms with Crippen molar-refractivity contribution in [1.29, 1.82) is 0 Å². The van der Waals surface area contributed by atoms with Gasteiger partial charge in [0, 0.05) is 19.3 Å². The first-order valence-corrected chi connectivity index (χ1v) is 9.38. The summed E-state index contributed by atoms with van der Waals surface area (Å²) in [5.74, 6) is 0.0876. The summed E-state index contributed by atoms with van der Waals surface area (Å²) in [6.45, 7) is 6.26. The van der Waals surface area contributed by atoms with E-state index < -0.39 is 11.0 Å². The minimum Gasteiger partial charge on any atom is -0.468 e. The number of hydrogen-bond acceptors (Lipinski definition) is 7. The molecule has 0 radical (unpaired) electrons. The number of piperidine rings is 1. The quantitative estimate of drug-likeness (QED) is 0.461. The maximum atomic E-state index is 12.6. The fourth-order valence-electron chi connectivity index (χ4n) is 2.80. The molecule has 1 fully saturated rings. The third-order valence-corrected chi connectivity index (χ3v) is 4.76. The Labute approximate surface area is 152 Å². The minimum absolute atomic E-state index is 0.366. The van der Waals surface area contributed by atoms with E-state index in [9.17, 15) is 9.59 Å². The van der Waals surface area contributed by atoms with Gasteiger partial charge in [-0.05, 0) is 45.9 Å². The zero-order chi connectivity index (χ0) is 18.7. The third-order valence-electron chi connectivity index (χ3n) is 4.11. The van der Waals surface area contributed by atoms with Crippen molar-refractivity contribution >= 4 is 23.8 Å². The summed E-state index contributed by atoms with van der Waals surface area (Å²) < 4.78 is 10.4. The molecule has 8 heteroatoms. The van der Waals surface area contributed by atoms with Crippen LogP contribution in [0.3, 0.4) is 0 Å². The highest BCUT2D eigenvalue weighted by molar-refractivity contribution is 7.98. The van der Waals surface area contributed by atoms with Gasteiger partial charge in [0.05, 0.1) is 12.1 Å². The molecule has 0 spiro atoms. The highest BCUT2D eigenvalue weighted by atomic mass is 32.2. The van der Waals surface area contributed by atoms with Crippen molar-refractivity contribution in [2.24, 2.45) is 0 Å². The van der Waals surface area contributed by atoms with E-state index in [0.29, 0.717) is 31.8 Å². The van der Waals surface area contributed by atoms with Gasteiger partial charge in [-0.1, -0.05) is 0 Å². The number of rotatable bonds is 3. The van der Waals surface area contributed by atoms with Gasteiger partial charge in [0.2, 0.25) is 0 Å². The van der Waals surface area contributed by atoms with Crippen LogP contribution >= 0.6 is 11.8 Å². The molecule has 0 bridgehead atoms. The number of ether oxygens (including phenoxy) is 2. The molecule has 1 saturated heterocycles. The molecule has 1 aliphatic heterocycles. The van der Waals surface area contributed by atoms with Crippen molar-refractivity contribution in [3.05, 3.63) is 18.1 Å². The van der Waals surface area contributed by atoms with E-state index in [0.717, 1.165) is 5.03 Å². The second-order valence-corrected chi connectivity index (χ2v) is 7.79. The summed E-state index contributed by atoms with van der Waals surface area (Å²) in [5.41, 5.74) is -1.48. The number of likely N-dealkylation sites (tertiary alicyclic amines) is 1. The van der Waals surface area contributed by atoms with Crippen LogP contribution in [0.2, 0.25) is 0 Å². The van der Waals surface area contributed by atoms with Crippen molar-refractivity contribution in [1.82, 2.24) is 14.9 Å². The summed E-state index contributed by atoms with van der Waals surface area (Å²) in [7, 11) is 1.36. The number of nitrogens with zero attached hydrogens (tertiary/aromatic N) is 3. The standard InChI is InChI=1S/C17H25N3O4S/c1-16(2,3)24-15(22)20-10-7-17(8-11-20,14(21)23-4)13-18-9-6-12(19-13)25-5/h6,9H,7-8,10-11H2,1-5H3. The van der Waals surface area contributed by atoms with E-state index >= 15 is 0 Å². The summed E-state index contributed by atoms with van der Waals surface area (Å²) >= 11 is 1.49. The SMILES string of the molecule is COC(=O)C1(c2nccc(SC)n2)CCN(C(=O)OC(C)(C)C)CC1. The molecule has 0 unspecified atom stereocenters. The van der Waals surface area contributed by atoms with Gasteiger partial charge in [0.25, 0.3) is 0 Å². The maximum Gasteiger partial charge on any atom is 0.410 e. The number of thioether (sulfide) groups is 1. The molecule has 2 heterocycles. The first-order valence-electron chi connectivity index (χ1n) is 8.16. The number of methoxy groups -OCH3 is 1. The van der Waals surface area contributed by atoms with Crippen LogP contribution in [0.1, 0.15) is 39.4 Å². The summed E-state index contributed by atoms with van der Waals surface area (Å²) in [6, 6.07) is 1.80. The Bertz CT molecular complexity index is 637. The number of amides is 1. The van der Waals surface area contributed by atoms with Gasteiger partial charge in [-0.25, -0.2) is 14.8 Å². The van der Waals surface area contributed by atoms with Gasteiger partial charge in [0.15, 0.2) is 0 Å². The second-order valence-electron chi connectivity index (χ2n) is 6.96. The predicted octanol–water partition coefficient (Wildman–Crippen LogP) is 2.64. The van der Waals surface area contributed by atoms with E-state index in [1.54, 1.807) is 17.2 Å². The molecule has 138 valence electrons. The Balaban J connectivity index is 2.22. The van der Waals surface area contributed by atoms with E-state index in [2.05, 4.69) is 9.97 Å². The molecular weight excluding hydrogens is 342 g/mol. The van der Waals surface area contributed by atoms with Crippen molar-refractivity contribution in [3.8, 4) is 0 Å². The molecule has 0 saturated carbocycles. The van der Waals surface area contributed by atoms with Crippen LogP contribution in [0.15, 0.2) is 17.3 Å². The van der Waals surface area contributed by atoms with Crippen molar-refractivity contribution in [3.63, 3.8) is 0 Å². The predicted molar refractivity (Wildman–Crippen MR) is 94.5 cm³/mol. The smallest absolute Gasteiger partial charge is 0.410 e. The number of esters is 1. The Morgan fingerprint density at radius 3 is 2.44 bits per heavy atom. The average molecular weight is 367 g/mol. The maximum absolute atomic E-state index is 12.6. The molecule has 0 atom stereocenters. The Morgan fingerprint density at radius 1 is 1.28 bits per heavy atom. The molecule has 0 N–H and O–H groups in total. The Kier molecular flexibility index (Phi) is 5.92. The van der Waals surface area contributed by atoms with Crippen molar-refractivity contribution in [2.75, 3.05) is 26.5 Å². The van der Waals surface area contributed by atoms with Gasteiger partial charge < -0.3 is 14.4 Å². The molecule has 1 aliphatic rings. The van der Waals surface area contributed by atoms with Crippen LogP contribution < -0.4 is 0 Å². The number of hydrogen-bond donors (Lipinski definition) is 0. The lowest BCUT2D eigenvalue weighted by Gasteiger charge is -2.38. The van der Waals surface area contributed by atoms with Crippen LogP contribution in [0.4, 0.5) is 4.79 Å². The average Bonchev–Trinajstić information content (AvgIpc) is 2.59. The molecule has 7 nitrogen and oxygen atoms in total. The highest BCUT2D eigenvalue weighted by Crippen LogP contribution is 2.35. The molecule has 0 aliphatic carbocycles. The zero-order valence-corrected chi connectivity index (χ0v) is 16.2.